The van der Waals surface area contributed by atoms with Gasteiger partial charge in [-0.05, 0) is 70.0 Å². The number of non-ortho nitro benzene ring substituents is 1. The number of carbonyl (C=O) groups is 2. The van der Waals surface area contributed by atoms with Gasteiger partial charge < -0.3 is 19.1 Å². The molecular weight excluding hydrogens is 709 g/mol. The van der Waals surface area contributed by atoms with E-state index in [1.54, 1.807) is 19.2 Å². The molecule has 244 valence electrons. The molecule has 2 aromatic carbocycles. The molecule has 13 heteroatoms. The number of nitro groups is 2. The molecular formula is C33H36IN3O9. The van der Waals surface area contributed by atoms with Crippen molar-refractivity contribution < 1.29 is 33.6 Å². The summed E-state index contributed by atoms with van der Waals surface area (Å²) in [7, 11) is 3.06. The number of benzene rings is 2. The first-order chi connectivity index (χ1) is 21.6. The van der Waals surface area contributed by atoms with Gasteiger partial charge in [0.2, 0.25) is 5.75 Å². The maximum absolute atomic E-state index is 14.1. The van der Waals surface area contributed by atoms with Gasteiger partial charge in [0.05, 0.1) is 33.2 Å². The van der Waals surface area contributed by atoms with E-state index in [2.05, 4.69) is 32.6 Å². The minimum atomic E-state index is -0.748. The van der Waals surface area contributed by atoms with Crippen molar-refractivity contribution in [3.63, 3.8) is 0 Å². The summed E-state index contributed by atoms with van der Waals surface area (Å²) >= 11 is 2.03. The third-order valence-corrected chi connectivity index (χ3v) is 9.49. The zero-order valence-electron chi connectivity index (χ0n) is 26.6. The van der Waals surface area contributed by atoms with Crippen LogP contribution in [0.1, 0.15) is 64.9 Å². The molecule has 0 spiro atoms. The Bertz CT molecular complexity index is 1670. The van der Waals surface area contributed by atoms with Crippen LogP contribution in [0, 0.1) is 34.6 Å². The summed E-state index contributed by atoms with van der Waals surface area (Å²) in [5.41, 5.74) is 2.10. The molecule has 0 atom stereocenters. The molecule has 12 nitrogen and oxygen atoms in total. The molecule has 0 saturated heterocycles. The molecule has 0 bridgehead atoms. The van der Waals surface area contributed by atoms with E-state index < -0.39 is 27.1 Å². The first kappa shape index (κ1) is 33.5. The highest BCUT2D eigenvalue weighted by atomic mass is 127. The van der Waals surface area contributed by atoms with E-state index in [4.69, 9.17) is 14.2 Å². The van der Waals surface area contributed by atoms with E-state index in [-0.39, 0.29) is 39.6 Å². The Morgan fingerprint density at radius 1 is 0.870 bits per heavy atom. The predicted molar refractivity (Wildman–Crippen MR) is 177 cm³/mol. The molecule has 0 unspecified atom stereocenters. The van der Waals surface area contributed by atoms with Crippen LogP contribution in [-0.4, -0.2) is 53.7 Å². The van der Waals surface area contributed by atoms with Gasteiger partial charge in [0.25, 0.3) is 5.69 Å². The van der Waals surface area contributed by atoms with Crippen LogP contribution in [0.15, 0.2) is 52.9 Å². The SMILES string of the molecule is COCCN1C2=C(C(=O)CC(C)(C)C2)C(c2cc(I)c(Oc3ccc([N+](=O)[O-])cc3[N+](=O)[O-])c(OC)c2)C2=C1CC(C)(C)CC2=O. The Balaban J connectivity index is 1.69. The van der Waals surface area contributed by atoms with Crippen LogP contribution in [0.2, 0.25) is 0 Å². The Kier molecular flexibility index (Phi) is 9.03. The van der Waals surface area contributed by atoms with Gasteiger partial charge in [-0.1, -0.05) is 27.7 Å². The van der Waals surface area contributed by atoms with Crippen molar-refractivity contribution in [1.29, 1.82) is 0 Å². The highest BCUT2D eigenvalue weighted by molar-refractivity contribution is 14.1. The normalized spacial score (nSPS) is 19.2. The first-order valence-corrected chi connectivity index (χ1v) is 15.9. The third-order valence-electron chi connectivity index (χ3n) is 8.69. The molecule has 1 aliphatic heterocycles. The van der Waals surface area contributed by atoms with E-state index in [1.807, 2.05) is 22.6 Å². The van der Waals surface area contributed by atoms with Crippen LogP contribution >= 0.6 is 22.6 Å². The largest absolute Gasteiger partial charge is 0.493 e. The second-order valence-electron chi connectivity index (χ2n) is 13.5. The second-order valence-corrected chi connectivity index (χ2v) is 14.6. The molecule has 1 heterocycles. The highest BCUT2D eigenvalue weighted by Crippen LogP contribution is 2.55. The number of carbonyl (C=O) groups excluding carboxylic acids is 2. The van der Waals surface area contributed by atoms with Gasteiger partial charge in [0, 0.05) is 61.0 Å². The summed E-state index contributed by atoms with van der Waals surface area (Å²) in [6.45, 7) is 9.24. The lowest BCUT2D eigenvalue weighted by Crippen LogP contribution is -2.45. The van der Waals surface area contributed by atoms with Crippen LogP contribution in [0.25, 0.3) is 0 Å². The molecule has 2 aliphatic carbocycles. The molecule has 0 aromatic heterocycles. The van der Waals surface area contributed by atoms with E-state index in [0.29, 0.717) is 59.1 Å². The van der Waals surface area contributed by atoms with Crippen LogP contribution in [-0.2, 0) is 14.3 Å². The summed E-state index contributed by atoms with van der Waals surface area (Å²) < 4.78 is 17.7. The van der Waals surface area contributed by atoms with Crippen molar-refractivity contribution in [3.8, 4) is 17.2 Å². The van der Waals surface area contributed by atoms with Gasteiger partial charge in [-0.3, -0.25) is 29.8 Å². The molecule has 46 heavy (non-hydrogen) atoms. The zero-order chi connectivity index (χ0) is 33.7. The number of nitro benzene ring substituents is 2. The monoisotopic (exact) mass is 745 g/mol. The Hall–Kier alpha value is -3.85. The second kappa shape index (κ2) is 12.4. The summed E-state index contributed by atoms with van der Waals surface area (Å²) in [6.07, 6.45) is 1.97. The molecule has 0 amide bonds. The van der Waals surface area contributed by atoms with Gasteiger partial charge >= 0.3 is 5.69 Å². The molecule has 2 aromatic rings. The lowest BCUT2D eigenvalue weighted by atomic mass is 9.63. The summed E-state index contributed by atoms with van der Waals surface area (Å²) in [6, 6.07) is 6.66. The van der Waals surface area contributed by atoms with Gasteiger partial charge in [-0.2, -0.15) is 0 Å². The van der Waals surface area contributed by atoms with E-state index in [1.165, 1.54) is 13.2 Å². The van der Waals surface area contributed by atoms with E-state index in [9.17, 15) is 29.8 Å². The zero-order valence-corrected chi connectivity index (χ0v) is 28.8. The number of rotatable bonds is 9. The van der Waals surface area contributed by atoms with Gasteiger partial charge in [-0.15, -0.1) is 0 Å². The fourth-order valence-electron chi connectivity index (χ4n) is 6.80. The lowest BCUT2D eigenvalue weighted by Gasteiger charge is -2.49. The van der Waals surface area contributed by atoms with Crippen LogP contribution in [0.4, 0.5) is 11.4 Å². The fourth-order valence-corrected chi connectivity index (χ4v) is 7.53. The standard InChI is InChI=1S/C33H36IN3O9/c1-32(2)14-22-29(24(38)16-32)28(30-23(35(22)9-10-44-5)15-33(3,4)17-25(30)39)18-11-20(34)31(27(12-18)45-6)46-26-8-7-19(36(40)41)13-21(26)37(42)43/h7-8,11-13,28H,9-10,14-17H2,1-6H3. The Labute approximate surface area is 280 Å². The number of Topliss-reactive ketones (excluding diaryl/α,β-unsaturated/α-hetero) is 2. The lowest BCUT2D eigenvalue weighted by molar-refractivity contribution is -0.394. The first-order valence-electron chi connectivity index (χ1n) is 14.8. The average molecular weight is 746 g/mol. The molecule has 0 radical (unpaired) electrons. The molecule has 0 saturated carbocycles. The van der Waals surface area contributed by atoms with Gasteiger partial charge in [0.1, 0.15) is 0 Å². The number of allylic oxidation sites excluding steroid dienone is 4. The minimum Gasteiger partial charge on any atom is -0.493 e. The number of ether oxygens (including phenoxy) is 3. The quantitative estimate of drug-likeness (QED) is 0.146. The van der Waals surface area contributed by atoms with Crippen molar-refractivity contribution in [3.05, 3.63) is 82.2 Å². The molecule has 3 aliphatic rings. The van der Waals surface area contributed by atoms with E-state index in [0.717, 1.165) is 23.5 Å². The van der Waals surface area contributed by atoms with Crippen molar-refractivity contribution in [2.75, 3.05) is 27.4 Å². The fraction of sp³-hybridized carbons (Fsp3) is 0.455. The summed E-state index contributed by atoms with van der Waals surface area (Å²) in [5.74, 6) is -0.473. The minimum absolute atomic E-state index is 0.0151. The van der Waals surface area contributed by atoms with Crippen molar-refractivity contribution >= 4 is 45.5 Å². The van der Waals surface area contributed by atoms with Crippen molar-refractivity contribution in [1.82, 2.24) is 4.90 Å². The number of nitrogens with zero attached hydrogens (tertiary/aromatic N) is 3. The number of hydrogen-bond acceptors (Lipinski definition) is 10. The van der Waals surface area contributed by atoms with Crippen molar-refractivity contribution in [2.45, 2.75) is 59.3 Å². The third kappa shape index (κ3) is 6.26. The van der Waals surface area contributed by atoms with Gasteiger partial charge in [-0.25, -0.2) is 0 Å². The van der Waals surface area contributed by atoms with Gasteiger partial charge in [0.15, 0.2) is 23.1 Å². The average Bonchev–Trinajstić information content (AvgIpc) is 2.95. The predicted octanol–water partition coefficient (Wildman–Crippen LogP) is 7.24. The smallest absolute Gasteiger partial charge is 0.318 e. The maximum Gasteiger partial charge on any atom is 0.318 e. The Morgan fingerprint density at radius 2 is 1.46 bits per heavy atom. The van der Waals surface area contributed by atoms with Crippen molar-refractivity contribution in [2.24, 2.45) is 10.8 Å². The number of halogens is 1. The van der Waals surface area contributed by atoms with E-state index >= 15 is 0 Å². The van der Waals surface area contributed by atoms with Crippen LogP contribution < -0.4 is 9.47 Å². The molecule has 0 N–H and O–H groups in total. The molecule has 5 rings (SSSR count). The Morgan fingerprint density at radius 3 is 1.96 bits per heavy atom. The number of ketones is 2. The summed E-state index contributed by atoms with van der Waals surface area (Å²) in [4.78, 5) is 51.8. The maximum atomic E-state index is 14.1. The molecule has 0 fully saturated rings. The number of methoxy groups -OCH3 is 2. The topological polar surface area (TPSA) is 151 Å². The van der Waals surface area contributed by atoms with Crippen LogP contribution in [0.3, 0.4) is 0 Å². The highest BCUT2D eigenvalue weighted by Gasteiger charge is 2.49. The van der Waals surface area contributed by atoms with Crippen LogP contribution in [0.5, 0.6) is 17.2 Å². The number of hydrogen-bond donors (Lipinski definition) is 0. The summed E-state index contributed by atoms with van der Waals surface area (Å²) in [5, 5.41) is 23.0.